The Morgan fingerprint density at radius 2 is 2.08 bits per heavy atom. The van der Waals surface area contributed by atoms with E-state index in [0.717, 1.165) is 29.8 Å². The second-order valence-electron chi connectivity index (χ2n) is 6.26. The molecular formula is C17H21N5O3. The number of nitrogens with zero attached hydrogens (tertiary/aromatic N) is 4. The lowest BCUT2D eigenvalue weighted by atomic mass is 9.97. The Hall–Kier alpha value is -2.90. The van der Waals surface area contributed by atoms with Crippen LogP contribution in [-0.2, 0) is 18.9 Å². The smallest absolute Gasteiger partial charge is 0.330 e. The topological polar surface area (TPSA) is 89.2 Å². The van der Waals surface area contributed by atoms with Crippen molar-refractivity contribution < 1.29 is 4.79 Å². The maximum Gasteiger partial charge on any atom is 0.330 e. The van der Waals surface area contributed by atoms with Crippen molar-refractivity contribution in [3.8, 4) is 0 Å². The van der Waals surface area contributed by atoms with Gasteiger partial charge in [0.05, 0.1) is 5.92 Å². The molecule has 1 atom stereocenters. The van der Waals surface area contributed by atoms with Crippen molar-refractivity contribution in [1.82, 2.24) is 14.1 Å². The summed E-state index contributed by atoms with van der Waals surface area (Å²) in [5, 5.41) is 2.68. The number of pyridine rings is 1. The fourth-order valence-electron chi connectivity index (χ4n) is 3.07. The minimum Gasteiger partial charge on any atom is -0.356 e. The quantitative estimate of drug-likeness (QED) is 0.868. The van der Waals surface area contributed by atoms with Gasteiger partial charge in [-0.15, -0.1) is 0 Å². The molecule has 1 aliphatic heterocycles. The highest BCUT2D eigenvalue weighted by Gasteiger charge is 2.27. The van der Waals surface area contributed by atoms with Gasteiger partial charge >= 0.3 is 5.69 Å². The second kappa shape index (κ2) is 6.92. The molecule has 0 aliphatic carbocycles. The van der Waals surface area contributed by atoms with Gasteiger partial charge in [-0.25, -0.2) is 9.78 Å². The number of aromatic nitrogens is 3. The molecule has 1 N–H and O–H groups in total. The number of amides is 1. The Bertz CT molecular complexity index is 887. The molecule has 0 unspecified atom stereocenters. The first-order valence-corrected chi connectivity index (χ1v) is 8.21. The Morgan fingerprint density at radius 1 is 1.28 bits per heavy atom. The molecule has 3 heterocycles. The predicted octanol–water partition coefficient (Wildman–Crippen LogP) is 0.334. The van der Waals surface area contributed by atoms with Gasteiger partial charge in [0, 0.05) is 39.6 Å². The Kier molecular flexibility index (Phi) is 4.69. The molecule has 3 rings (SSSR count). The van der Waals surface area contributed by atoms with Crippen molar-refractivity contribution >= 4 is 17.4 Å². The van der Waals surface area contributed by atoms with Gasteiger partial charge in [0.2, 0.25) is 5.91 Å². The lowest BCUT2D eigenvalue weighted by Crippen LogP contribution is -2.43. The first kappa shape index (κ1) is 16.9. The van der Waals surface area contributed by atoms with E-state index in [-0.39, 0.29) is 17.5 Å². The fourth-order valence-corrected chi connectivity index (χ4v) is 3.07. The van der Waals surface area contributed by atoms with E-state index in [0.29, 0.717) is 6.54 Å². The molecule has 8 nitrogen and oxygen atoms in total. The molecule has 0 bridgehead atoms. The lowest BCUT2D eigenvalue weighted by molar-refractivity contribution is -0.120. The average Bonchev–Trinajstić information content (AvgIpc) is 2.65. The standard InChI is InChI=1S/C17H21N5O3/c1-20-11-13(16(24)21(2)17(20)25)19-15(23)12-6-5-9-22(10-12)14-7-3-4-8-18-14/h3-4,7-8,11-12H,5-6,9-10H2,1-2H3,(H,19,23)/t12-/m1/s1. The molecule has 1 saturated heterocycles. The normalized spacial score (nSPS) is 17.4. The van der Waals surface area contributed by atoms with Crippen molar-refractivity contribution in [2.24, 2.45) is 20.0 Å². The number of piperidine rings is 1. The van der Waals surface area contributed by atoms with Gasteiger partial charge in [0.1, 0.15) is 11.5 Å². The number of carbonyl (C=O) groups is 1. The van der Waals surface area contributed by atoms with Crippen LogP contribution in [-0.4, -0.2) is 33.1 Å². The maximum absolute atomic E-state index is 12.6. The third-order valence-corrected chi connectivity index (χ3v) is 4.47. The highest BCUT2D eigenvalue weighted by atomic mass is 16.2. The van der Waals surface area contributed by atoms with Crippen LogP contribution in [0.25, 0.3) is 0 Å². The van der Waals surface area contributed by atoms with Gasteiger partial charge in [-0.05, 0) is 25.0 Å². The molecule has 132 valence electrons. The zero-order valence-electron chi connectivity index (χ0n) is 14.3. The number of rotatable bonds is 3. The third kappa shape index (κ3) is 3.47. The van der Waals surface area contributed by atoms with Gasteiger partial charge in [-0.3, -0.25) is 14.2 Å². The van der Waals surface area contributed by atoms with Crippen LogP contribution >= 0.6 is 0 Å². The molecule has 2 aromatic heterocycles. The van der Waals surface area contributed by atoms with E-state index >= 15 is 0 Å². The van der Waals surface area contributed by atoms with E-state index < -0.39 is 11.2 Å². The van der Waals surface area contributed by atoms with Gasteiger partial charge in [0.15, 0.2) is 0 Å². The molecule has 8 heteroatoms. The van der Waals surface area contributed by atoms with Crippen LogP contribution in [0.4, 0.5) is 11.5 Å². The summed E-state index contributed by atoms with van der Waals surface area (Å²) in [6, 6.07) is 5.69. The number of aryl methyl sites for hydroxylation is 1. The van der Waals surface area contributed by atoms with Gasteiger partial charge < -0.3 is 14.8 Å². The molecule has 0 radical (unpaired) electrons. The molecule has 1 aliphatic rings. The van der Waals surface area contributed by atoms with Gasteiger partial charge in [-0.2, -0.15) is 0 Å². The Balaban J connectivity index is 1.76. The van der Waals surface area contributed by atoms with E-state index in [2.05, 4.69) is 15.2 Å². The van der Waals surface area contributed by atoms with Crippen molar-refractivity contribution in [2.45, 2.75) is 12.8 Å². The number of hydrogen-bond acceptors (Lipinski definition) is 5. The van der Waals surface area contributed by atoms with E-state index in [4.69, 9.17) is 0 Å². The Labute approximate surface area is 144 Å². The lowest BCUT2D eigenvalue weighted by Gasteiger charge is -2.32. The molecule has 1 amide bonds. The number of anilines is 2. The minimum absolute atomic E-state index is 0.115. The van der Waals surface area contributed by atoms with Crippen molar-refractivity contribution in [3.05, 3.63) is 51.4 Å². The van der Waals surface area contributed by atoms with Gasteiger partial charge in [0.25, 0.3) is 5.56 Å². The monoisotopic (exact) mass is 343 g/mol. The molecule has 25 heavy (non-hydrogen) atoms. The summed E-state index contributed by atoms with van der Waals surface area (Å²) in [4.78, 5) is 42.9. The van der Waals surface area contributed by atoms with E-state index in [1.165, 1.54) is 17.8 Å². The Morgan fingerprint density at radius 3 is 2.80 bits per heavy atom. The first-order chi connectivity index (χ1) is 12.0. The van der Waals surface area contributed by atoms with E-state index in [1.807, 2.05) is 18.2 Å². The molecule has 1 fully saturated rings. The van der Waals surface area contributed by atoms with Crippen LogP contribution in [0.2, 0.25) is 0 Å². The molecule has 0 aromatic carbocycles. The van der Waals surface area contributed by atoms with Crippen molar-refractivity contribution in [1.29, 1.82) is 0 Å². The summed E-state index contributed by atoms with van der Waals surface area (Å²) in [6.45, 7) is 1.40. The summed E-state index contributed by atoms with van der Waals surface area (Å²) in [7, 11) is 2.94. The third-order valence-electron chi connectivity index (χ3n) is 4.47. The molecule has 0 spiro atoms. The molecule has 2 aromatic rings. The largest absolute Gasteiger partial charge is 0.356 e. The first-order valence-electron chi connectivity index (χ1n) is 8.21. The van der Waals surface area contributed by atoms with Crippen molar-refractivity contribution in [2.75, 3.05) is 23.3 Å². The zero-order valence-corrected chi connectivity index (χ0v) is 14.3. The zero-order chi connectivity index (χ0) is 18.0. The van der Waals surface area contributed by atoms with Crippen LogP contribution < -0.4 is 21.5 Å². The highest BCUT2D eigenvalue weighted by molar-refractivity contribution is 5.92. The summed E-state index contributed by atoms with van der Waals surface area (Å²) >= 11 is 0. The van der Waals surface area contributed by atoms with Crippen LogP contribution in [0.15, 0.2) is 40.2 Å². The summed E-state index contributed by atoms with van der Waals surface area (Å²) in [5.74, 6) is 0.395. The molecule has 0 saturated carbocycles. The van der Waals surface area contributed by atoms with E-state index in [9.17, 15) is 14.4 Å². The number of nitrogens with one attached hydrogen (secondary N) is 1. The van der Waals surface area contributed by atoms with Gasteiger partial charge in [-0.1, -0.05) is 6.07 Å². The molecular weight excluding hydrogens is 322 g/mol. The summed E-state index contributed by atoms with van der Waals surface area (Å²) in [6.07, 6.45) is 4.72. The van der Waals surface area contributed by atoms with Crippen LogP contribution in [0, 0.1) is 5.92 Å². The maximum atomic E-state index is 12.6. The van der Waals surface area contributed by atoms with Crippen LogP contribution in [0.3, 0.4) is 0 Å². The SMILES string of the molecule is Cn1cc(NC(=O)[C@@H]2CCCN(c3ccccn3)C2)c(=O)n(C)c1=O. The average molecular weight is 343 g/mol. The predicted molar refractivity (Wildman–Crippen MR) is 94.7 cm³/mol. The van der Waals surface area contributed by atoms with E-state index in [1.54, 1.807) is 13.2 Å². The minimum atomic E-state index is -0.506. The van der Waals surface area contributed by atoms with Crippen LogP contribution in [0.1, 0.15) is 12.8 Å². The fraction of sp³-hybridized carbons (Fsp3) is 0.412. The number of hydrogen-bond donors (Lipinski definition) is 1. The number of carbonyl (C=O) groups excluding carboxylic acids is 1. The highest BCUT2D eigenvalue weighted by Crippen LogP contribution is 2.22. The van der Waals surface area contributed by atoms with Crippen molar-refractivity contribution in [3.63, 3.8) is 0 Å². The summed E-state index contributed by atoms with van der Waals surface area (Å²) < 4.78 is 2.26. The van der Waals surface area contributed by atoms with Crippen LogP contribution in [0.5, 0.6) is 0 Å². The summed E-state index contributed by atoms with van der Waals surface area (Å²) in [5.41, 5.74) is -0.819. The second-order valence-corrected chi connectivity index (χ2v) is 6.26.